The minimum Gasteiger partial charge on any atom is -0.298 e. The van der Waals surface area contributed by atoms with Gasteiger partial charge in [0.2, 0.25) is 0 Å². The van der Waals surface area contributed by atoms with E-state index in [4.69, 9.17) is 0 Å². The maximum absolute atomic E-state index is 12.9. The first-order valence-electron chi connectivity index (χ1n) is 9.62. The number of carbonyl (C=O) groups excluding carboxylic acids is 1. The number of nitro benzene ring substituents is 2. The van der Waals surface area contributed by atoms with Crippen LogP contribution < -0.4 is 0 Å². The molecule has 5 rings (SSSR count). The zero-order chi connectivity index (χ0) is 21.0. The van der Waals surface area contributed by atoms with Gasteiger partial charge in [0, 0.05) is 18.1 Å². The number of aromatic nitrogens is 4. The summed E-state index contributed by atoms with van der Waals surface area (Å²) in [5.74, 6) is -1.22. The highest BCUT2D eigenvalue weighted by Crippen LogP contribution is 2.43. The Balaban J connectivity index is 1.70. The molecule has 2 aliphatic rings. The second-order valence-corrected chi connectivity index (χ2v) is 7.65. The maximum Gasteiger partial charge on any atom is 0.280 e. The van der Waals surface area contributed by atoms with E-state index in [1.165, 1.54) is 12.4 Å². The lowest BCUT2D eigenvalue weighted by molar-refractivity contribution is -0.394. The lowest BCUT2D eigenvalue weighted by Gasteiger charge is -2.13. The molecule has 1 atom stereocenters. The van der Waals surface area contributed by atoms with Gasteiger partial charge in [0.25, 0.3) is 11.4 Å². The summed E-state index contributed by atoms with van der Waals surface area (Å²) in [6.45, 7) is 0. The largest absolute Gasteiger partial charge is 0.298 e. The van der Waals surface area contributed by atoms with E-state index in [0.29, 0.717) is 16.7 Å². The molecule has 0 aliphatic heterocycles. The molecule has 11 heteroatoms. The fourth-order valence-electron chi connectivity index (χ4n) is 4.66. The van der Waals surface area contributed by atoms with Crippen molar-refractivity contribution >= 4 is 28.2 Å². The quantitative estimate of drug-likeness (QED) is 0.473. The molecule has 11 nitrogen and oxygen atoms in total. The van der Waals surface area contributed by atoms with Crippen molar-refractivity contribution in [1.82, 2.24) is 19.7 Å². The van der Waals surface area contributed by atoms with Crippen LogP contribution in [0, 0.1) is 20.2 Å². The Kier molecular flexibility index (Phi) is 4.05. The van der Waals surface area contributed by atoms with Gasteiger partial charge in [-0.3, -0.25) is 25.0 Å². The van der Waals surface area contributed by atoms with Gasteiger partial charge in [-0.2, -0.15) is 5.10 Å². The predicted octanol–water partition coefficient (Wildman–Crippen LogP) is 3.01. The summed E-state index contributed by atoms with van der Waals surface area (Å²) in [4.78, 5) is 43.0. The predicted molar refractivity (Wildman–Crippen MR) is 103 cm³/mol. The van der Waals surface area contributed by atoms with Gasteiger partial charge >= 0.3 is 0 Å². The third kappa shape index (κ3) is 2.65. The fourth-order valence-corrected chi connectivity index (χ4v) is 4.66. The maximum atomic E-state index is 12.9. The number of rotatable bonds is 4. The van der Waals surface area contributed by atoms with Crippen molar-refractivity contribution in [3.8, 4) is 0 Å². The molecule has 1 saturated carbocycles. The van der Waals surface area contributed by atoms with E-state index in [1.54, 1.807) is 6.20 Å². The number of hydrogen-bond donors (Lipinski definition) is 0. The molecule has 0 radical (unpaired) electrons. The smallest absolute Gasteiger partial charge is 0.280 e. The Labute approximate surface area is 169 Å². The van der Waals surface area contributed by atoms with E-state index in [0.717, 1.165) is 31.7 Å². The van der Waals surface area contributed by atoms with E-state index >= 15 is 0 Å². The van der Waals surface area contributed by atoms with Crippen molar-refractivity contribution in [1.29, 1.82) is 0 Å². The lowest BCUT2D eigenvalue weighted by Crippen LogP contribution is -2.12. The summed E-state index contributed by atoms with van der Waals surface area (Å²) < 4.78 is 1.85. The number of ketones is 1. The Morgan fingerprint density at radius 1 is 1.07 bits per heavy atom. The Morgan fingerprint density at radius 3 is 2.53 bits per heavy atom. The van der Waals surface area contributed by atoms with Crippen molar-refractivity contribution in [3.05, 3.63) is 61.7 Å². The average molecular weight is 408 g/mol. The first kappa shape index (κ1) is 18.3. The van der Waals surface area contributed by atoms with Crippen LogP contribution in [-0.2, 0) is 11.2 Å². The Hall–Kier alpha value is -3.76. The third-order valence-electron chi connectivity index (χ3n) is 6.00. The van der Waals surface area contributed by atoms with Crippen molar-refractivity contribution in [2.24, 2.45) is 0 Å². The van der Waals surface area contributed by atoms with Crippen LogP contribution in [0.25, 0.3) is 11.0 Å². The molecule has 0 bridgehead atoms. The van der Waals surface area contributed by atoms with Crippen LogP contribution in [-0.4, -0.2) is 35.4 Å². The second-order valence-electron chi connectivity index (χ2n) is 7.65. The molecule has 1 unspecified atom stereocenters. The highest BCUT2D eigenvalue weighted by molar-refractivity contribution is 5.99. The SMILES string of the molecule is O=C1Cc2c(cc([N+](=O)[O-])cc2[N+](=O)[O-])C1c1ncnc2c1cnn2C1CCCC1. The molecular formula is C19H16N6O5. The van der Waals surface area contributed by atoms with Gasteiger partial charge in [-0.05, 0) is 18.4 Å². The molecule has 1 aromatic carbocycles. The van der Waals surface area contributed by atoms with Crippen LogP contribution in [0.1, 0.15) is 54.5 Å². The van der Waals surface area contributed by atoms with Crippen LogP contribution in [0.15, 0.2) is 24.7 Å². The van der Waals surface area contributed by atoms with Gasteiger partial charge in [-0.1, -0.05) is 12.8 Å². The summed E-state index contributed by atoms with van der Waals surface area (Å²) in [6.07, 6.45) is 7.02. The minimum absolute atomic E-state index is 0.170. The third-order valence-corrected chi connectivity index (χ3v) is 6.00. The highest BCUT2D eigenvalue weighted by Gasteiger charge is 2.40. The zero-order valence-electron chi connectivity index (χ0n) is 15.7. The van der Waals surface area contributed by atoms with Crippen molar-refractivity contribution in [2.75, 3.05) is 0 Å². The highest BCUT2D eigenvalue weighted by atomic mass is 16.6. The van der Waals surface area contributed by atoms with Crippen molar-refractivity contribution in [3.63, 3.8) is 0 Å². The number of nitrogens with zero attached hydrogens (tertiary/aromatic N) is 6. The van der Waals surface area contributed by atoms with Gasteiger partial charge < -0.3 is 0 Å². The Morgan fingerprint density at radius 2 is 1.83 bits per heavy atom. The number of fused-ring (bicyclic) bond motifs is 2. The van der Waals surface area contributed by atoms with Crippen molar-refractivity contribution in [2.45, 2.75) is 44.1 Å². The normalized spacial score (nSPS) is 18.8. The summed E-state index contributed by atoms with van der Waals surface area (Å²) in [5, 5.41) is 27.9. The molecule has 152 valence electrons. The monoisotopic (exact) mass is 408 g/mol. The number of nitro groups is 2. The lowest BCUT2D eigenvalue weighted by atomic mass is 9.94. The molecule has 30 heavy (non-hydrogen) atoms. The van der Waals surface area contributed by atoms with Crippen LogP contribution in [0.5, 0.6) is 0 Å². The standard InChI is InChI=1S/C19H16N6O5/c26-16-7-12-13(5-11(24(27)28)6-15(12)25(29)30)17(16)18-14-8-22-23(10-3-1-2-4-10)19(14)21-9-20-18/h5-6,8-10,17H,1-4,7H2. The Bertz CT molecular complexity index is 1230. The number of benzene rings is 1. The van der Waals surface area contributed by atoms with Gasteiger partial charge in [-0.15, -0.1) is 0 Å². The summed E-state index contributed by atoms with van der Waals surface area (Å²) in [5.41, 5.74) is 0.607. The topological polar surface area (TPSA) is 147 Å². The van der Waals surface area contributed by atoms with Crippen molar-refractivity contribution < 1.29 is 14.6 Å². The van der Waals surface area contributed by atoms with Gasteiger partial charge in [0.05, 0.1) is 45.1 Å². The van der Waals surface area contributed by atoms with Gasteiger partial charge in [0.1, 0.15) is 6.33 Å². The van der Waals surface area contributed by atoms with E-state index in [9.17, 15) is 25.0 Å². The molecule has 0 spiro atoms. The summed E-state index contributed by atoms with van der Waals surface area (Å²) >= 11 is 0. The fraction of sp³-hybridized carbons (Fsp3) is 0.368. The number of hydrogen-bond acceptors (Lipinski definition) is 8. The van der Waals surface area contributed by atoms with Crippen LogP contribution in [0.3, 0.4) is 0 Å². The van der Waals surface area contributed by atoms with Crippen LogP contribution >= 0.6 is 0 Å². The van der Waals surface area contributed by atoms with Crippen LogP contribution in [0.2, 0.25) is 0 Å². The zero-order valence-corrected chi connectivity index (χ0v) is 15.7. The number of carbonyl (C=O) groups is 1. The number of non-ortho nitro benzene ring substituents is 1. The molecule has 2 aliphatic carbocycles. The molecule has 2 aromatic heterocycles. The second kappa shape index (κ2) is 6.65. The molecule has 2 heterocycles. The van der Waals surface area contributed by atoms with Gasteiger partial charge in [-0.25, -0.2) is 14.6 Å². The molecule has 0 saturated heterocycles. The first-order valence-corrected chi connectivity index (χ1v) is 9.62. The van der Waals surface area contributed by atoms with E-state index in [1.807, 2.05) is 4.68 Å². The van der Waals surface area contributed by atoms with E-state index < -0.39 is 27.1 Å². The number of Topliss-reactive ketones (excluding diaryl/α,β-unsaturated/α-hetero) is 1. The van der Waals surface area contributed by atoms with E-state index in [-0.39, 0.29) is 29.4 Å². The van der Waals surface area contributed by atoms with E-state index in [2.05, 4.69) is 15.1 Å². The van der Waals surface area contributed by atoms with Crippen LogP contribution in [0.4, 0.5) is 11.4 Å². The molecule has 0 N–H and O–H groups in total. The minimum atomic E-state index is -0.926. The molecular weight excluding hydrogens is 392 g/mol. The molecule has 3 aromatic rings. The molecule has 1 fully saturated rings. The van der Waals surface area contributed by atoms with Gasteiger partial charge in [0.15, 0.2) is 11.4 Å². The summed E-state index contributed by atoms with van der Waals surface area (Å²) in [6, 6.07) is 2.38. The first-order chi connectivity index (χ1) is 14.5. The summed E-state index contributed by atoms with van der Waals surface area (Å²) in [7, 11) is 0. The average Bonchev–Trinajstić information content (AvgIpc) is 3.44. The molecule has 0 amide bonds.